The van der Waals surface area contributed by atoms with Crippen molar-refractivity contribution in [1.29, 1.82) is 0 Å². The molecular formula is C19H34O. The molecule has 1 saturated heterocycles. The molecule has 1 nitrogen and oxygen atoms in total. The van der Waals surface area contributed by atoms with Crippen molar-refractivity contribution in [2.45, 2.75) is 103 Å². The summed E-state index contributed by atoms with van der Waals surface area (Å²) in [5.41, 5.74) is 0. The van der Waals surface area contributed by atoms with Crippen molar-refractivity contribution in [1.82, 2.24) is 0 Å². The molecule has 0 spiro atoms. The Morgan fingerprint density at radius 3 is 2.10 bits per heavy atom. The van der Waals surface area contributed by atoms with Gasteiger partial charge < -0.3 is 4.74 Å². The van der Waals surface area contributed by atoms with Gasteiger partial charge in [0.1, 0.15) is 0 Å². The van der Waals surface area contributed by atoms with Crippen LogP contribution in [0.15, 0.2) is 0 Å². The third-order valence-electron chi connectivity index (χ3n) is 4.28. The largest absolute Gasteiger partial charge is 0.378 e. The minimum atomic E-state index is 0.593. The summed E-state index contributed by atoms with van der Waals surface area (Å²) in [6, 6.07) is 0. The molecule has 0 amide bonds. The van der Waals surface area contributed by atoms with Gasteiger partial charge in [0.05, 0.1) is 6.10 Å². The topological polar surface area (TPSA) is 9.23 Å². The van der Waals surface area contributed by atoms with E-state index >= 15 is 0 Å². The molecule has 1 rings (SSSR count). The first-order valence-corrected chi connectivity index (χ1v) is 8.94. The summed E-state index contributed by atoms with van der Waals surface area (Å²) in [6.07, 6.45) is 19.5. The summed E-state index contributed by atoms with van der Waals surface area (Å²) in [4.78, 5) is 0. The average Bonchev–Trinajstić information content (AvgIpc) is 2.49. The van der Waals surface area contributed by atoms with Gasteiger partial charge in [-0.15, -0.1) is 11.8 Å². The molecule has 0 bridgehead atoms. The molecule has 0 aromatic rings. The molecule has 0 aromatic heterocycles. The zero-order valence-corrected chi connectivity index (χ0v) is 13.6. The molecule has 0 saturated carbocycles. The zero-order valence-electron chi connectivity index (χ0n) is 13.6. The summed E-state index contributed by atoms with van der Waals surface area (Å²) in [5.74, 6) is 6.10. The predicted molar refractivity (Wildman–Crippen MR) is 87.8 cm³/mol. The fourth-order valence-electron chi connectivity index (χ4n) is 2.98. The lowest BCUT2D eigenvalue weighted by molar-refractivity contribution is 0.00977. The monoisotopic (exact) mass is 278 g/mol. The second-order valence-electron chi connectivity index (χ2n) is 6.14. The molecule has 0 aromatic carbocycles. The first-order chi connectivity index (χ1) is 9.93. The van der Waals surface area contributed by atoms with Gasteiger partial charge in [0.2, 0.25) is 0 Å². The molecule has 20 heavy (non-hydrogen) atoms. The Morgan fingerprint density at radius 2 is 1.50 bits per heavy atom. The molecule has 1 atom stereocenters. The second-order valence-corrected chi connectivity index (χ2v) is 6.14. The van der Waals surface area contributed by atoms with Gasteiger partial charge in [0.15, 0.2) is 0 Å². The SMILES string of the molecule is CC#CCCCCCCCCCCCC1CCCCO1. The Morgan fingerprint density at radius 1 is 0.850 bits per heavy atom. The van der Waals surface area contributed by atoms with Gasteiger partial charge in [-0.3, -0.25) is 0 Å². The molecule has 1 heteroatoms. The fraction of sp³-hybridized carbons (Fsp3) is 0.895. The standard InChI is InChI=1S/C19H34O/c1-2-3-4-5-6-7-8-9-10-11-12-13-16-19-17-14-15-18-20-19/h19H,4-18H2,1H3. The Hall–Kier alpha value is -0.480. The first kappa shape index (κ1) is 17.6. The summed E-state index contributed by atoms with van der Waals surface area (Å²) < 4.78 is 5.77. The average molecular weight is 278 g/mol. The highest BCUT2D eigenvalue weighted by Crippen LogP contribution is 2.19. The fourth-order valence-corrected chi connectivity index (χ4v) is 2.98. The van der Waals surface area contributed by atoms with Crippen LogP contribution >= 0.6 is 0 Å². The summed E-state index contributed by atoms with van der Waals surface area (Å²) in [7, 11) is 0. The van der Waals surface area contributed by atoms with E-state index in [9.17, 15) is 0 Å². The quantitative estimate of drug-likeness (QED) is 0.339. The van der Waals surface area contributed by atoms with E-state index in [1.807, 2.05) is 6.92 Å². The maximum Gasteiger partial charge on any atom is 0.0575 e. The molecule has 0 aliphatic carbocycles. The van der Waals surface area contributed by atoms with Gasteiger partial charge in [-0.25, -0.2) is 0 Å². The second kappa shape index (κ2) is 13.5. The van der Waals surface area contributed by atoms with Gasteiger partial charge in [-0.2, -0.15) is 0 Å². The normalized spacial score (nSPS) is 18.6. The Kier molecular flexibility index (Phi) is 11.9. The lowest BCUT2D eigenvalue weighted by Gasteiger charge is -2.22. The van der Waals surface area contributed by atoms with E-state index in [1.54, 1.807) is 0 Å². The number of unbranched alkanes of at least 4 members (excludes halogenated alkanes) is 9. The van der Waals surface area contributed by atoms with Crippen molar-refractivity contribution in [3.8, 4) is 11.8 Å². The van der Waals surface area contributed by atoms with Crippen LogP contribution < -0.4 is 0 Å². The molecule has 1 unspecified atom stereocenters. The summed E-state index contributed by atoms with van der Waals surface area (Å²) >= 11 is 0. The van der Waals surface area contributed by atoms with Crippen molar-refractivity contribution in [3.63, 3.8) is 0 Å². The minimum absolute atomic E-state index is 0.593. The smallest absolute Gasteiger partial charge is 0.0575 e. The van der Waals surface area contributed by atoms with Crippen LogP contribution in [0.4, 0.5) is 0 Å². The van der Waals surface area contributed by atoms with Crippen molar-refractivity contribution in [3.05, 3.63) is 0 Å². The lowest BCUT2D eigenvalue weighted by Crippen LogP contribution is -2.18. The van der Waals surface area contributed by atoms with Crippen molar-refractivity contribution in [2.24, 2.45) is 0 Å². The van der Waals surface area contributed by atoms with Crippen molar-refractivity contribution >= 4 is 0 Å². The van der Waals surface area contributed by atoms with E-state index in [1.165, 1.54) is 83.5 Å². The van der Waals surface area contributed by atoms with Gasteiger partial charge in [0, 0.05) is 13.0 Å². The summed E-state index contributed by atoms with van der Waals surface area (Å²) in [6.45, 7) is 2.94. The highest BCUT2D eigenvalue weighted by molar-refractivity contribution is 4.94. The van der Waals surface area contributed by atoms with Crippen LogP contribution in [-0.2, 0) is 4.74 Å². The van der Waals surface area contributed by atoms with Crippen LogP contribution in [0, 0.1) is 11.8 Å². The van der Waals surface area contributed by atoms with Gasteiger partial charge in [-0.1, -0.05) is 51.4 Å². The van der Waals surface area contributed by atoms with E-state index in [4.69, 9.17) is 4.74 Å². The summed E-state index contributed by atoms with van der Waals surface area (Å²) in [5, 5.41) is 0. The third-order valence-corrected chi connectivity index (χ3v) is 4.28. The van der Waals surface area contributed by atoms with Crippen molar-refractivity contribution < 1.29 is 4.74 Å². The van der Waals surface area contributed by atoms with Crippen LogP contribution in [-0.4, -0.2) is 12.7 Å². The molecule has 1 heterocycles. The van der Waals surface area contributed by atoms with Crippen LogP contribution in [0.5, 0.6) is 0 Å². The molecule has 116 valence electrons. The van der Waals surface area contributed by atoms with Gasteiger partial charge in [-0.05, 0) is 39.0 Å². The van der Waals surface area contributed by atoms with E-state index in [-0.39, 0.29) is 0 Å². The third kappa shape index (κ3) is 10.3. The first-order valence-electron chi connectivity index (χ1n) is 8.94. The number of hydrogen-bond acceptors (Lipinski definition) is 1. The van der Waals surface area contributed by atoms with Gasteiger partial charge >= 0.3 is 0 Å². The zero-order chi connectivity index (χ0) is 14.3. The molecule has 0 radical (unpaired) electrons. The highest BCUT2D eigenvalue weighted by atomic mass is 16.5. The number of rotatable bonds is 11. The predicted octanol–water partition coefficient (Wildman–Crippen LogP) is 5.87. The Balaban J connectivity index is 1.72. The lowest BCUT2D eigenvalue weighted by atomic mass is 10.0. The number of ether oxygens (including phenoxy) is 1. The Bertz CT molecular complexity index is 255. The van der Waals surface area contributed by atoms with E-state index in [0.717, 1.165) is 13.0 Å². The van der Waals surface area contributed by atoms with Gasteiger partial charge in [0.25, 0.3) is 0 Å². The highest BCUT2D eigenvalue weighted by Gasteiger charge is 2.12. The Labute approximate surface area is 126 Å². The van der Waals surface area contributed by atoms with E-state index < -0.39 is 0 Å². The van der Waals surface area contributed by atoms with Crippen LogP contribution in [0.3, 0.4) is 0 Å². The van der Waals surface area contributed by atoms with Crippen LogP contribution in [0.1, 0.15) is 96.8 Å². The molecule has 1 fully saturated rings. The maximum atomic E-state index is 5.77. The van der Waals surface area contributed by atoms with Crippen LogP contribution in [0.25, 0.3) is 0 Å². The molecule has 0 N–H and O–H groups in total. The van der Waals surface area contributed by atoms with E-state index in [2.05, 4.69) is 11.8 Å². The maximum absolute atomic E-state index is 5.77. The molecular weight excluding hydrogens is 244 g/mol. The van der Waals surface area contributed by atoms with Crippen molar-refractivity contribution in [2.75, 3.05) is 6.61 Å². The molecule has 1 aliphatic rings. The van der Waals surface area contributed by atoms with E-state index in [0.29, 0.717) is 6.10 Å². The number of hydrogen-bond donors (Lipinski definition) is 0. The van der Waals surface area contributed by atoms with Crippen LogP contribution in [0.2, 0.25) is 0 Å². The minimum Gasteiger partial charge on any atom is -0.378 e. The molecule has 1 aliphatic heterocycles.